The van der Waals surface area contributed by atoms with Crippen LogP contribution >= 0.6 is 11.6 Å². The van der Waals surface area contributed by atoms with Gasteiger partial charge in [-0.15, -0.1) is 0 Å². The fourth-order valence-electron chi connectivity index (χ4n) is 4.27. The zero-order chi connectivity index (χ0) is 25.4. The van der Waals surface area contributed by atoms with Crippen molar-refractivity contribution in [3.8, 4) is 11.5 Å². The molecule has 0 spiro atoms. The van der Waals surface area contributed by atoms with Crippen molar-refractivity contribution in [1.82, 2.24) is 0 Å². The van der Waals surface area contributed by atoms with E-state index in [2.05, 4.69) is 0 Å². The SMILES string of the molecule is COc1cc(C)c(/C(O)=C2\C(=O)C(=O)N(c3ccc(OC)c(Cl)c3)C2c2ccc(F)cc2)cc1C. The quantitative estimate of drug-likeness (QED) is 0.277. The normalized spacial score (nSPS) is 17.1. The molecule has 4 rings (SSSR count). The molecule has 1 fully saturated rings. The fraction of sp³-hybridized carbons (Fsp3) is 0.185. The van der Waals surface area contributed by atoms with Crippen LogP contribution in [0.25, 0.3) is 5.76 Å². The van der Waals surface area contributed by atoms with Crippen LogP contribution in [0, 0.1) is 19.7 Å². The number of methoxy groups -OCH3 is 2. The Hall–Kier alpha value is -3.84. The number of ketones is 1. The van der Waals surface area contributed by atoms with Gasteiger partial charge in [0, 0.05) is 11.3 Å². The smallest absolute Gasteiger partial charge is 0.300 e. The van der Waals surface area contributed by atoms with Crippen LogP contribution in [0.2, 0.25) is 5.02 Å². The summed E-state index contributed by atoms with van der Waals surface area (Å²) in [6.45, 7) is 3.58. The van der Waals surface area contributed by atoms with Gasteiger partial charge in [0.05, 0.1) is 30.9 Å². The zero-order valence-electron chi connectivity index (χ0n) is 19.6. The van der Waals surface area contributed by atoms with Crippen LogP contribution in [0.1, 0.15) is 28.3 Å². The van der Waals surface area contributed by atoms with Gasteiger partial charge in [0.2, 0.25) is 0 Å². The number of aryl methyl sites for hydroxylation is 2. The van der Waals surface area contributed by atoms with Crippen molar-refractivity contribution in [3.63, 3.8) is 0 Å². The Balaban J connectivity index is 1.96. The number of carbonyl (C=O) groups excluding carboxylic acids is 2. The monoisotopic (exact) mass is 495 g/mol. The highest BCUT2D eigenvalue weighted by Gasteiger charge is 2.47. The number of ether oxygens (including phenoxy) is 2. The van der Waals surface area contributed by atoms with Crippen LogP contribution in [0.3, 0.4) is 0 Å². The number of carbonyl (C=O) groups is 2. The summed E-state index contributed by atoms with van der Waals surface area (Å²) in [7, 11) is 3.01. The standard InChI is InChI=1S/C27H23ClFNO5/c1-14-12-22(35-4)15(2)11-19(14)25(31)23-24(16-5-7-17(29)8-6-16)30(27(33)26(23)32)18-9-10-21(34-3)20(28)13-18/h5-13,24,31H,1-4H3/b25-23+. The van der Waals surface area contributed by atoms with Gasteiger partial charge in [0.1, 0.15) is 23.1 Å². The maximum absolute atomic E-state index is 13.7. The second-order valence-electron chi connectivity index (χ2n) is 8.18. The van der Waals surface area contributed by atoms with Crippen molar-refractivity contribution < 1.29 is 28.6 Å². The molecule has 0 radical (unpaired) electrons. The topological polar surface area (TPSA) is 76.1 Å². The number of benzene rings is 3. The van der Waals surface area contributed by atoms with Gasteiger partial charge in [-0.1, -0.05) is 23.7 Å². The number of anilines is 1. The average molecular weight is 496 g/mol. The number of rotatable bonds is 5. The number of hydrogen-bond donors (Lipinski definition) is 1. The van der Waals surface area contributed by atoms with E-state index in [1.807, 2.05) is 6.92 Å². The maximum atomic E-state index is 13.7. The Kier molecular flexibility index (Phi) is 6.54. The number of hydrogen-bond acceptors (Lipinski definition) is 5. The summed E-state index contributed by atoms with van der Waals surface area (Å²) in [5.74, 6) is -1.48. The van der Waals surface area contributed by atoms with Crippen LogP contribution in [0.4, 0.5) is 10.1 Å². The van der Waals surface area contributed by atoms with Crippen LogP contribution in [0.15, 0.2) is 60.2 Å². The Morgan fingerprint density at radius 2 is 1.60 bits per heavy atom. The average Bonchev–Trinajstić information content (AvgIpc) is 3.10. The molecule has 1 amide bonds. The highest BCUT2D eigenvalue weighted by Crippen LogP contribution is 2.44. The molecule has 180 valence electrons. The number of Topliss-reactive ketones (excluding diaryl/α,β-unsaturated/α-hetero) is 1. The number of amides is 1. The molecule has 1 aliphatic heterocycles. The van der Waals surface area contributed by atoms with Crippen molar-refractivity contribution in [2.75, 3.05) is 19.1 Å². The van der Waals surface area contributed by atoms with Gasteiger partial charge >= 0.3 is 0 Å². The molecule has 0 aliphatic carbocycles. The predicted octanol–water partition coefficient (Wildman–Crippen LogP) is 5.74. The lowest BCUT2D eigenvalue weighted by Gasteiger charge is -2.26. The second-order valence-corrected chi connectivity index (χ2v) is 8.58. The van der Waals surface area contributed by atoms with Crippen LogP contribution < -0.4 is 14.4 Å². The van der Waals surface area contributed by atoms with Crippen molar-refractivity contribution in [1.29, 1.82) is 0 Å². The van der Waals surface area contributed by atoms with E-state index in [0.29, 0.717) is 33.9 Å². The summed E-state index contributed by atoms with van der Waals surface area (Å²) in [5.41, 5.74) is 2.45. The Morgan fingerprint density at radius 3 is 2.20 bits per heavy atom. The van der Waals surface area contributed by atoms with E-state index < -0.39 is 23.5 Å². The second kappa shape index (κ2) is 9.43. The summed E-state index contributed by atoms with van der Waals surface area (Å²) >= 11 is 6.30. The van der Waals surface area contributed by atoms with Gasteiger partial charge in [-0.05, 0) is 73.0 Å². The molecule has 0 aromatic heterocycles. The van der Waals surface area contributed by atoms with E-state index in [0.717, 1.165) is 5.56 Å². The third kappa shape index (κ3) is 4.23. The molecule has 8 heteroatoms. The molecule has 1 N–H and O–H groups in total. The molecule has 1 saturated heterocycles. The molecular formula is C27H23ClFNO5. The molecular weight excluding hydrogens is 473 g/mol. The molecule has 35 heavy (non-hydrogen) atoms. The maximum Gasteiger partial charge on any atom is 0.300 e. The predicted molar refractivity (Wildman–Crippen MR) is 132 cm³/mol. The van der Waals surface area contributed by atoms with Gasteiger partial charge in [-0.3, -0.25) is 14.5 Å². The van der Waals surface area contributed by atoms with E-state index in [9.17, 15) is 19.1 Å². The lowest BCUT2D eigenvalue weighted by molar-refractivity contribution is -0.132. The number of halogens is 2. The molecule has 6 nitrogen and oxygen atoms in total. The van der Waals surface area contributed by atoms with Crippen molar-refractivity contribution >= 4 is 34.7 Å². The van der Waals surface area contributed by atoms with Gasteiger partial charge in [0.15, 0.2) is 0 Å². The minimum absolute atomic E-state index is 0.110. The molecule has 1 aliphatic rings. The summed E-state index contributed by atoms with van der Waals surface area (Å²) in [5, 5.41) is 11.6. The molecule has 0 bridgehead atoms. The highest BCUT2D eigenvalue weighted by atomic mass is 35.5. The van der Waals surface area contributed by atoms with Gasteiger partial charge < -0.3 is 14.6 Å². The fourth-order valence-corrected chi connectivity index (χ4v) is 4.53. The molecule has 3 aromatic rings. The molecule has 3 aromatic carbocycles. The van der Waals surface area contributed by atoms with E-state index in [1.165, 1.54) is 42.3 Å². The lowest BCUT2D eigenvalue weighted by atomic mass is 9.93. The van der Waals surface area contributed by atoms with Crippen molar-refractivity contribution in [2.45, 2.75) is 19.9 Å². The van der Waals surface area contributed by atoms with E-state index >= 15 is 0 Å². The first kappa shape index (κ1) is 24.3. The molecule has 0 saturated carbocycles. The zero-order valence-corrected chi connectivity index (χ0v) is 20.3. The number of nitrogens with zero attached hydrogens (tertiary/aromatic N) is 1. The summed E-state index contributed by atoms with van der Waals surface area (Å²) in [6.07, 6.45) is 0. The first-order valence-electron chi connectivity index (χ1n) is 10.7. The van der Waals surface area contributed by atoms with Crippen LogP contribution in [-0.2, 0) is 9.59 Å². The van der Waals surface area contributed by atoms with Gasteiger partial charge in [0.25, 0.3) is 11.7 Å². The van der Waals surface area contributed by atoms with Crippen LogP contribution in [0.5, 0.6) is 11.5 Å². The largest absolute Gasteiger partial charge is 0.507 e. The number of aliphatic hydroxyl groups excluding tert-OH is 1. The molecule has 1 unspecified atom stereocenters. The van der Waals surface area contributed by atoms with Crippen molar-refractivity contribution in [3.05, 3.63) is 93.3 Å². The number of aliphatic hydroxyl groups is 1. The Bertz CT molecular complexity index is 1370. The first-order chi connectivity index (χ1) is 16.7. The summed E-state index contributed by atoms with van der Waals surface area (Å²) in [6, 6.07) is 12.5. The minimum Gasteiger partial charge on any atom is -0.507 e. The lowest BCUT2D eigenvalue weighted by Crippen LogP contribution is -2.29. The Labute approximate surface area is 207 Å². The van der Waals surface area contributed by atoms with Crippen molar-refractivity contribution in [2.24, 2.45) is 0 Å². The first-order valence-corrected chi connectivity index (χ1v) is 11.1. The summed E-state index contributed by atoms with van der Waals surface area (Å²) < 4.78 is 24.3. The van der Waals surface area contributed by atoms with Crippen LogP contribution in [-0.4, -0.2) is 31.0 Å². The van der Waals surface area contributed by atoms with Gasteiger partial charge in [-0.25, -0.2) is 4.39 Å². The Morgan fingerprint density at radius 1 is 0.943 bits per heavy atom. The highest BCUT2D eigenvalue weighted by molar-refractivity contribution is 6.52. The third-order valence-electron chi connectivity index (χ3n) is 6.04. The molecule has 1 heterocycles. The van der Waals surface area contributed by atoms with E-state index in [-0.39, 0.29) is 16.4 Å². The van der Waals surface area contributed by atoms with Gasteiger partial charge in [-0.2, -0.15) is 0 Å². The summed E-state index contributed by atoms with van der Waals surface area (Å²) in [4.78, 5) is 27.8. The van der Waals surface area contributed by atoms with E-state index in [4.69, 9.17) is 21.1 Å². The third-order valence-corrected chi connectivity index (χ3v) is 6.34. The van der Waals surface area contributed by atoms with E-state index in [1.54, 1.807) is 38.3 Å². The minimum atomic E-state index is -1.01. The molecule has 1 atom stereocenters.